The Morgan fingerprint density at radius 2 is 2.10 bits per heavy atom. The highest BCUT2D eigenvalue weighted by Gasteiger charge is 2.40. The van der Waals surface area contributed by atoms with E-state index in [4.69, 9.17) is 28.3 Å². The van der Waals surface area contributed by atoms with Crippen LogP contribution in [0.3, 0.4) is 0 Å². The fraction of sp³-hybridized carbons (Fsp3) is 0.500. The Labute approximate surface area is 132 Å². The molecule has 0 saturated carbocycles. The maximum absolute atomic E-state index is 12.1. The van der Waals surface area contributed by atoms with Gasteiger partial charge in [-0.15, -0.1) is 0 Å². The molecule has 21 heavy (non-hydrogen) atoms. The van der Waals surface area contributed by atoms with Crippen LogP contribution in [0.1, 0.15) is 24.8 Å². The number of benzene rings is 1. The second-order valence-electron chi connectivity index (χ2n) is 5.23. The Balaban J connectivity index is 2.31. The van der Waals surface area contributed by atoms with E-state index in [1.54, 1.807) is 0 Å². The molecular weight excluding hydrogens is 317 g/mol. The van der Waals surface area contributed by atoms with Gasteiger partial charge in [0.2, 0.25) is 5.91 Å². The molecule has 1 aromatic rings. The van der Waals surface area contributed by atoms with Crippen molar-refractivity contribution in [2.45, 2.75) is 31.4 Å². The molecule has 0 aromatic heterocycles. The summed E-state index contributed by atoms with van der Waals surface area (Å²) in [5.41, 5.74) is 0.450. The number of carbonyl (C=O) groups excluding carboxylic acids is 1. The molecule has 1 heterocycles. The number of phenols is 1. The number of halogens is 2. The summed E-state index contributed by atoms with van der Waals surface area (Å²) in [7, 11) is 0. The molecule has 7 heteroatoms. The molecule has 0 bridgehead atoms. The van der Waals surface area contributed by atoms with E-state index in [0.717, 1.165) is 0 Å². The van der Waals surface area contributed by atoms with E-state index in [1.165, 1.54) is 17.0 Å². The molecule has 5 nitrogen and oxygen atoms in total. The van der Waals surface area contributed by atoms with Crippen molar-refractivity contribution in [3.8, 4) is 5.75 Å². The monoisotopic (exact) mass is 333 g/mol. The number of β-amino-alcohol motifs (C(OH)–C–C–N with tert-alkyl or cyclic N) is 1. The number of likely N-dealkylation sites (tertiary alicyclic amines) is 1. The van der Waals surface area contributed by atoms with E-state index < -0.39 is 12.7 Å². The van der Waals surface area contributed by atoms with Gasteiger partial charge in [0.15, 0.2) is 0 Å². The molecule has 1 aromatic carbocycles. The topological polar surface area (TPSA) is 81.0 Å². The van der Waals surface area contributed by atoms with Crippen molar-refractivity contribution < 1.29 is 20.1 Å². The van der Waals surface area contributed by atoms with Crippen LogP contribution in [0.5, 0.6) is 5.75 Å². The first kappa shape index (κ1) is 16.4. The Morgan fingerprint density at radius 3 is 2.71 bits per heavy atom. The minimum Gasteiger partial charge on any atom is -0.508 e. The van der Waals surface area contributed by atoms with Gasteiger partial charge >= 0.3 is 0 Å². The van der Waals surface area contributed by atoms with Crippen molar-refractivity contribution in [2.24, 2.45) is 0 Å². The third-order valence-corrected chi connectivity index (χ3v) is 4.71. The van der Waals surface area contributed by atoms with Crippen LogP contribution in [-0.4, -0.2) is 51.4 Å². The number of amides is 1. The first-order valence-electron chi connectivity index (χ1n) is 6.62. The van der Waals surface area contributed by atoms with Gasteiger partial charge in [-0.25, -0.2) is 0 Å². The summed E-state index contributed by atoms with van der Waals surface area (Å²) in [6.07, 6.45) is -0.814. The predicted molar refractivity (Wildman–Crippen MR) is 79.8 cm³/mol. The lowest BCUT2D eigenvalue weighted by molar-refractivity contribution is -0.130. The van der Waals surface area contributed by atoms with Crippen molar-refractivity contribution in [1.29, 1.82) is 0 Å². The Morgan fingerprint density at radius 1 is 1.43 bits per heavy atom. The lowest BCUT2D eigenvalue weighted by Gasteiger charge is -2.27. The van der Waals surface area contributed by atoms with Crippen molar-refractivity contribution in [3.63, 3.8) is 0 Å². The highest BCUT2D eigenvalue weighted by atomic mass is 35.5. The normalized spacial score (nSPS) is 23.7. The average Bonchev–Trinajstić information content (AvgIpc) is 2.71. The standard InChI is InChI=1S/C14H17Cl2NO4/c1-7-9(4-12(21)17(7)5-8(19)6-18)13-11(20)3-2-10(15)14(13)16/h2-3,7-9,18-20H,4-6H2,1H3/t7-,8-,9-/m0/s1. The van der Waals surface area contributed by atoms with E-state index in [1.807, 2.05) is 6.92 Å². The van der Waals surface area contributed by atoms with Crippen molar-refractivity contribution in [3.05, 3.63) is 27.7 Å². The smallest absolute Gasteiger partial charge is 0.223 e. The van der Waals surface area contributed by atoms with Crippen LogP contribution in [0.2, 0.25) is 10.0 Å². The van der Waals surface area contributed by atoms with Crippen LogP contribution in [0.4, 0.5) is 0 Å². The highest BCUT2D eigenvalue weighted by molar-refractivity contribution is 6.42. The predicted octanol–water partition coefficient (Wildman–Crippen LogP) is 1.76. The van der Waals surface area contributed by atoms with Gasteiger partial charge in [-0.05, 0) is 19.1 Å². The summed E-state index contributed by atoms with van der Waals surface area (Å²) in [5.74, 6) is -0.469. The van der Waals surface area contributed by atoms with E-state index >= 15 is 0 Å². The van der Waals surface area contributed by atoms with Crippen molar-refractivity contribution in [1.82, 2.24) is 4.90 Å². The summed E-state index contributed by atoms with van der Waals surface area (Å²) < 4.78 is 0. The van der Waals surface area contributed by atoms with Gasteiger partial charge in [-0.3, -0.25) is 4.79 Å². The molecule has 3 N–H and O–H groups in total. The molecule has 116 valence electrons. The van der Waals surface area contributed by atoms with Gasteiger partial charge in [0.25, 0.3) is 0 Å². The van der Waals surface area contributed by atoms with Crippen LogP contribution in [0.15, 0.2) is 12.1 Å². The van der Waals surface area contributed by atoms with Crippen LogP contribution in [0, 0.1) is 0 Å². The number of aliphatic hydroxyl groups excluding tert-OH is 2. The van der Waals surface area contributed by atoms with Gasteiger partial charge in [-0.1, -0.05) is 23.2 Å². The number of aromatic hydroxyl groups is 1. The van der Waals surface area contributed by atoms with Gasteiger partial charge in [0, 0.05) is 30.5 Å². The van der Waals surface area contributed by atoms with Crippen LogP contribution in [-0.2, 0) is 4.79 Å². The first-order valence-corrected chi connectivity index (χ1v) is 7.37. The van der Waals surface area contributed by atoms with Gasteiger partial charge in [0.05, 0.1) is 22.8 Å². The molecule has 0 aliphatic carbocycles. The largest absolute Gasteiger partial charge is 0.508 e. The SMILES string of the molecule is C[C@H]1[C@@H](c2c(O)ccc(Cl)c2Cl)CC(=O)N1C[C@H](O)CO. The number of aliphatic hydroxyl groups is 2. The number of nitrogens with zero attached hydrogens (tertiary/aromatic N) is 1. The van der Waals surface area contributed by atoms with Crippen molar-refractivity contribution in [2.75, 3.05) is 13.2 Å². The summed E-state index contributed by atoms with van der Waals surface area (Å²) >= 11 is 12.1. The first-order chi connectivity index (χ1) is 9.86. The molecule has 1 aliphatic heterocycles. The Kier molecular flexibility index (Phi) is 4.99. The molecule has 0 unspecified atom stereocenters. The maximum atomic E-state index is 12.1. The minimum atomic E-state index is -0.987. The number of hydrogen-bond donors (Lipinski definition) is 3. The highest BCUT2D eigenvalue weighted by Crippen LogP contribution is 2.44. The fourth-order valence-electron chi connectivity index (χ4n) is 2.73. The molecule has 1 aliphatic rings. The molecule has 1 saturated heterocycles. The zero-order valence-electron chi connectivity index (χ0n) is 11.5. The molecule has 2 rings (SSSR count). The number of hydrogen-bond acceptors (Lipinski definition) is 4. The molecular formula is C14H17Cl2NO4. The second-order valence-corrected chi connectivity index (χ2v) is 6.01. The summed E-state index contributed by atoms with van der Waals surface area (Å²) in [6, 6.07) is 2.68. The summed E-state index contributed by atoms with van der Waals surface area (Å²) in [5, 5.41) is 29.0. The molecule has 3 atom stereocenters. The summed E-state index contributed by atoms with van der Waals surface area (Å²) in [4.78, 5) is 13.6. The second kappa shape index (κ2) is 6.40. The van der Waals surface area contributed by atoms with Gasteiger partial charge in [0.1, 0.15) is 5.75 Å². The van der Waals surface area contributed by atoms with Crippen LogP contribution in [0.25, 0.3) is 0 Å². The lowest BCUT2D eigenvalue weighted by Crippen LogP contribution is -2.40. The fourth-order valence-corrected chi connectivity index (χ4v) is 3.19. The Bertz CT molecular complexity index is 552. The van der Waals surface area contributed by atoms with Crippen molar-refractivity contribution >= 4 is 29.1 Å². The average molecular weight is 334 g/mol. The molecule has 0 radical (unpaired) electrons. The molecule has 0 spiro atoms. The third-order valence-electron chi connectivity index (χ3n) is 3.89. The third kappa shape index (κ3) is 3.11. The van der Waals surface area contributed by atoms with Gasteiger partial charge in [-0.2, -0.15) is 0 Å². The Hall–Kier alpha value is -1.01. The quantitative estimate of drug-likeness (QED) is 0.784. The van der Waals surface area contributed by atoms with E-state index in [-0.39, 0.29) is 41.6 Å². The number of phenolic OH excluding ortho intramolecular Hbond substituents is 1. The number of rotatable bonds is 4. The minimum absolute atomic E-state index is 0.00129. The zero-order chi connectivity index (χ0) is 15.7. The van der Waals surface area contributed by atoms with E-state index in [0.29, 0.717) is 10.6 Å². The van der Waals surface area contributed by atoms with E-state index in [9.17, 15) is 15.0 Å². The van der Waals surface area contributed by atoms with E-state index in [2.05, 4.69) is 0 Å². The van der Waals surface area contributed by atoms with Crippen LogP contribution >= 0.6 is 23.2 Å². The zero-order valence-corrected chi connectivity index (χ0v) is 13.0. The molecule has 1 fully saturated rings. The van der Waals surface area contributed by atoms with Crippen LogP contribution < -0.4 is 0 Å². The maximum Gasteiger partial charge on any atom is 0.223 e. The summed E-state index contributed by atoms with van der Waals surface area (Å²) in [6.45, 7) is 1.45. The lowest BCUT2D eigenvalue weighted by atomic mass is 9.91. The number of carbonyl (C=O) groups is 1. The molecule has 1 amide bonds. The van der Waals surface area contributed by atoms with Gasteiger partial charge < -0.3 is 20.2 Å².